The molecule has 4 aromatic rings. The van der Waals surface area contributed by atoms with Crippen LogP contribution in [0, 0.1) is 13.8 Å². The van der Waals surface area contributed by atoms with E-state index in [0.717, 1.165) is 27.4 Å². The summed E-state index contributed by atoms with van der Waals surface area (Å²) in [7, 11) is 2.99. The molecule has 0 atom stereocenters. The van der Waals surface area contributed by atoms with E-state index in [-0.39, 0.29) is 12.3 Å². The summed E-state index contributed by atoms with van der Waals surface area (Å²) in [5.41, 5.74) is 2.61. The van der Waals surface area contributed by atoms with Gasteiger partial charge in [-0.05, 0) is 65.7 Å². The lowest BCUT2D eigenvalue weighted by atomic mass is 10.1. The highest BCUT2D eigenvalue weighted by Crippen LogP contribution is 2.33. The van der Waals surface area contributed by atoms with Crippen molar-refractivity contribution in [3.05, 3.63) is 75.3 Å². The quantitative estimate of drug-likeness (QED) is 0.457. The Labute approximate surface area is 186 Å². The average Bonchev–Trinajstić information content (AvgIpc) is 3.30. The first-order valence-corrected chi connectivity index (χ1v) is 9.99. The molecule has 33 heavy (non-hydrogen) atoms. The number of aromatic nitrogens is 6. The van der Waals surface area contributed by atoms with Gasteiger partial charge in [-0.2, -0.15) is 27.6 Å². The van der Waals surface area contributed by atoms with Crippen LogP contribution in [0.5, 0.6) is 5.75 Å². The van der Waals surface area contributed by atoms with Crippen molar-refractivity contribution >= 4 is 0 Å². The minimum atomic E-state index is -4.51. The summed E-state index contributed by atoms with van der Waals surface area (Å²) in [5, 5.41) is 11.2. The minimum Gasteiger partial charge on any atom is -0.489 e. The molecule has 0 amide bonds. The number of hydrogen-bond donors (Lipinski definition) is 0. The topological polar surface area (TPSA) is 79.8 Å². The standard InChI is InChI=1S/C22H21F3N6O2/c1-13-6-5-7-17(31-21(32)30(4)27-28-31)16(13)12-33-19-9-8-15(10-14(19)2)18-11-20(22(23,24)25)26-29(18)3/h5-11H,12H2,1-4H3. The summed E-state index contributed by atoms with van der Waals surface area (Å²) < 4.78 is 48.5. The number of halogens is 3. The van der Waals surface area contributed by atoms with Crippen molar-refractivity contribution in [1.29, 1.82) is 0 Å². The third-order valence-electron chi connectivity index (χ3n) is 5.35. The van der Waals surface area contributed by atoms with Crippen molar-refractivity contribution in [2.24, 2.45) is 14.1 Å². The van der Waals surface area contributed by atoms with Gasteiger partial charge in [-0.1, -0.05) is 12.1 Å². The maximum Gasteiger partial charge on any atom is 0.435 e. The number of aryl methyl sites for hydroxylation is 4. The second-order valence-corrected chi connectivity index (χ2v) is 7.67. The van der Waals surface area contributed by atoms with Crippen LogP contribution in [0.15, 0.2) is 47.3 Å². The van der Waals surface area contributed by atoms with Crippen LogP contribution in [0.25, 0.3) is 16.9 Å². The molecule has 0 aliphatic heterocycles. The zero-order valence-corrected chi connectivity index (χ0v) is 18.4. The van der Waals surface area contributed by atoms with Crippen LogP contribution >= 0.6 is 0 Å². The van der Waals surface area contributed by atoms with E-state index in [2.05, 4.69) is 15.5 Å². The fourth-order valence-corrected chi connectivity index (χ4v) is 3.53. The van der Waals surface area contributed by atoms with Gasteiger partial charge in [0.15, 0.2) is 5.69 Å². The van der Waals surface area contributed by atoms with Gasteiger partial charge in [0.1, 0.15) is 12.4 Å². The Morgan fingerprint density at radius 3 is 2.33 bits per heavy atom. The molecule has 2 aromatic heterocycles. The van der Waals surface area contributed by atoms with Crippen molar-refractivity contribution < 1.29 is 17.9 Å². The van der Waals surface area contributed by atoms with Gasteiger partial charge in [0.25, 0.3) is 0 Å². The molecule has 0 N–H and O–H groups in total. The number of tetrazole rings is 1. The van der Waals surface area contributed by atoms with E-state index in [1.807, 2.05) is 26.0 Å². The van der Waals surface area contributed by atoms with Gasteiger partial charge in [0.2, 0.25) is 0 Å². The fourth-order valence-electron chi connectivity index (χ4n) is 3.53. The largest absolute Gasteiger partial charge is 0.489 e. The number of rotatable bonds is 5. The summed E-state index contributed by atoms with van der Waals surface area (Å²) in [6.45, 7) is 3.88. The molecule has 2 aromatic carbocycles. The van der Waals surface area contributed by atoms with E-state index in [1.54, 1.807) is 24.3 Å². The van der Waals surface area contributed by atoms with E-state index in [1.165, 1.54) is 23.5 Å². The molecule has 0 bridgehead atoms. The third-order valence-corrected chi connectivity index (χ3v) is 5.35. The molecule has 2 heterocycles. The van der Waals surface area contributed by atoms with E-state index in [4.69, 9.17) is 4.74 Å². The number of benzene rings is 2. The highest BCUT2D eigenvalue weighted by Gasteiger charge is 2.34. The third kappa shape index (κ3) is 4.26. The molecule has 172 valence electrons. The molecule has 8 nitrogen and oxygen atoms in total. The fraction of sp³-hybridized carbons (Fsp3) is 0.273. The van der Waals surface area contributed by atoms with Gasteiger partial charge in [-0.15, -0.1) is 0 Å². The van der Waals surface area contributed by atoms with E-state index < -0.39 is 11.9 Å². The molecule has 0 spiro atoms. The van der Waals surface area contributed by atoms with Crippen molar-refractivity contribution in [3.63, 3.8) is 0 Å². The lowest BCUT2D eigenvalue weighted by Gasteiger charge is -2.15. The maximum atomic E-state index is 13.0. The Kier molecular flexibility index (Phi) is 5.56. The smallest absolute Gasteiger partial charge is 0.435 e. The van der Waals surface area contributed by atoms with Gasteiger partial charge in [0, 0.05) is 25.2 Å². The maximum absolute atomic E-state index is 13.0. The Bertz CT molecular complexity index is 1380. The monoisotopic (exact) mass is 458 g/mol. The Morgan fingerprint density at radius 2 is 1.73 bits per heavy atom. The van der Waals surface area contributed by atoms with Crippen LogP contribution in [0.4, 0.5) is 13.2 Å². The predicted octanol–water partition coefficient (Wildman–Crippen LogP) is 3.58. The van der Waals surface area contributed by atoms with Crippen molar-refractivity contribution in [2.45, 2.75) is 26.6 Å². The van der Waals surface area contributed by atoms with Crippen LogP contribution in [0.2, 0.25) is 0 Å². The lowest BCUT2D eigenvalue weighted by Crippen LogP contribution is -2.23. The zero-order chi connectivity index (χ0) is 23.9. The number of ether oxygens (including phenoxy) is 1. The van der Waals surface area contributed by atoms with Crippen LogP contribution < -0.4 is 10.4 Å². The van der Waals surface area contributed by atoms with Crippen molar-refractivity contribution in [3.8, 4) is 22.7 Å². The second kappa shape index (κ2) is 8.23. The highest BCUT2D eigenvalue weighted by atomic mass is 19.4. The minimum absolute atomic E-state index is 0.162. The van der Waals surface area contributed by atoms with Crippen LogP contribution in [-0.4, -0.2) is 29.6 Å². The summed E-state index contributed by atoms with van der Waals surface area (Å²) >= 11 is 0. The summed E-state index contributed by atoms with van der Waals surface area (Å²) in [6, 6.07) is 11.6. The number of nitrogens with zero attached hydrogens (tertiary/aromatic N) is 6. The Hall–Kier alpha value is -3.89. The molecule has 0 aliphatic carbocycles. The van der Waals surface area contributed by atoms with Gasteiger partial charge in [-0.25, -0.2) is 4.79 Å². The SMILES string of the molecule is Cc1cc(-c2cc(C(F)(F)F)nn2C)ccc1OCc1c(C)cccc1-n1nnn(C)c1=O. The summed E-state index contributed by atoms with van der Waals surface area (Å²) in [6.07, 6.45) is -4.51. The Morgan fingerprint density at radius 1 is 0.970 bits per heavy atom. The van der Waals surface area contributed by atoms with Crippen LogP contribution in [-0.2, 0) is 26.9 Å². The van der Waals surface area contributed by atoms with Gasteiger partial charge in [-0.3, -0.25) is 4.68 Å². The number of hydrogen-bond acceptors (Lipinski definition) is 5. The summed E-state index contributed by atoms with van der Waals surface area (Å²) in [4.78, 5) is 12.3. The molecule has 0 radical (unpaired) electrons. The second-order valence-electron chi connectivity index (χ2n) is 7.67. The van der Waals surface area contributed by atoms with Gasteiger partial charge in [0.05, 0.1) is 11.4 Å². The summed E-state index contributed by atoms with van der Waals surface area (Å²) in [5.74, 6) is 0.567. The average molecular weight is 458 g/mol. The van der Waals surface area contributed by atoms with E-state index in [9.17, 15) is 18.0 Å². The molecule has 0 saturated heterocycles. The normalized spacial score (nSPS) is 11.7. The predicted molar refractivity (Wildman–Crippen MR) is 114 cm³/mol. The first kappa shape index (κ1) is 22.3. The lowest BCUT2D eigenvalue weighted by molar-refractivity contribution is -0.141. The van der Waals surface area contributed by atoms with Crippen molar-refractivity contribution in [2.75, 3.05) is 0 Å². The van der Waals surface area contributed by atoms with Crippen LogP contribution in [0.1, 0.15) is 22.4 Å². The molecule has 0 unspecified atom stereocenters. The first-order valence-electron chi connectivity index (χ1n) is 9.99. The van der Waals surface area contributed by atoms with Crippen molar-refractivity contribution in [1.82, 2.24) is 29.6 Å². The molecule has 4 rings (SSSR count). The van der Waals surface area contributed by atoms with Gasteiger partial charge < -0.3 is 4.74 Å². The van der Waals surface area contributed by atoms with Crippen LogP contribution in [0.3, 0.4) is 0 Å². The van der Waals surface area contributed by atoms with Gasteiger partial charge >= 0.3 is 11.9 Å². The van der Waals surface area contributed by atoms with E-state index >= 15 is 0 Å². The Balaban J connectivity index is 1.61. The molecular weight excluding hydrogens is 437 g/mol. The number of alkyl halides is 3. The molecule has 0 aliphatic rings. The molecule has 11 heteroatoms. The molecule has 0 saturated carbocycles. The highest BCUT2D eigenvalue weighted by molar-refractivity contribution is 5.63. The zero-order valence-electron chi connectivity index (χ0n) is 18.4. The molecule has 0 fully saturated rings. The van der Waals surface area contributed by atoms with E-state index in [0.29, 0.717) is 22.7 Å². The molecular formula is C22H21F3N6O2. The first-order chi connectivity index (χ1) is 15.6.